The van der Waals surface area contributed by atoms with Crippen molar-refractivity contribution in [2.45, 2.75) is 12.5 Å². The third kappa shape index (κ3) is 3.77. The Balaban J connectivity index is 1.93. The third-order valence-corrected chi connectivity index (χ3v) is 5.90. The van der Waals surface area contributed by atoms with Crippen LogP contribution >= 0.6 is 11.6 Å². The molecule has 1 amide bonds. The summed E-state index contributed by atoms with van der Waals surface area (Å²) in [7, 11) is 2.96. The number of nitrogens with zero attached hydrogens (tertiary/aromatic N) is 1. The number of benzene rings is 3. The molecule has 3 aromatic rings. The molecule has 1 aliphatic heterocycles. The number of rotatable bonds is 4. The van der Waals surface area contributed by atoms with Crippen LogP contribution in [-0.2, 0) is 6.42 Å². The SMILES string of the molecule is COc1cc2c(cc1OC)C(c1c(F)cccc1Cl)N(C(=O)c1cc(F)ccc1F)CC2. The first-order chi connectivity index (χ1) is 15.3. The highest BCUT2D eigenvalue weighted by atomic mass is 35.5. The van der Waals surface area contributed by atoms with E-state index in [1.165, 1.54) is 37.3 Å². The van der Waals surface area contributed by atoms with E-state index in [1.807, 2.05) is 0 Å². The van der Waals surface area contributed by atoms with E-state index in [4.69, 9.17) is 21.1 Å². The summed E-state index contributed by atoms with van der Waals surface area (Å²) in [6.45, 7) is 0.132. The minimum Gasteiger partial charge on any atom is -0.493 e. The molecule has 1 aliphatic rings. The van der Waals surface area contributed by atoms with E-state index in [0.29, 0.717) is 23.5 Å². The minimum atomic E-state index is -0.984. The lowest BCUT2D eigenvalue weighted by Gasteiger charge is -2.38. The Morgan fingerprint density at radius 1 is 1.00 bits per heavy atom. The number of fused-ring (bicyclic) bond motifs is 1. The molecule has 0 bridgehead atoms. The summed E-state index contributed by atoms with van der Waals surface area (Å²) in [4.78, 5) is 14.7. The monoisotopic (exact) mass is 461 g/mol. The van der Waals surface area contributed by atoms with Crippen LogP contribution in [0.2, 0.25) is 5.02 Å². The van der Waals surface area contributed by atoms with Crippen molar-refractivity contribution in [3.63, 3.8) is 0 Å². The lowest BCUT2D eigenvalue weighted by atomic mass is 9.86. The van der Waals surface area contributed by atoms with Gasteiger partial charge in [-0.05, 0) is 60.0 Å². The molecule has 0 N–H and O–H groups in total. The molecule has 0 fully saturated rings. The second-order valence-corrected chi connectivity index (χ2v) is 7.72. The maximum Gasteiger partial charge on any atom is 0.257 e. The fraction of sp³-hybridized carbons (Fsp3) is 0.208. The van der Waals surface area contributed by atoms with E-state index in [0.717, 1.165) is 23.8 Å². The summed E-state index contributed by atoms with van der Waals surface area (Å²) >= 11 is 6.37. The number of halogens is 4. The van der Waals surface area contributed by atoms with E-state index in [9.17, 15) is 13.6 Å². The van der Waals surface area contributed by atoms with Crippen LogP contribution in [0.25, 0.3) is 0 Å². The van der Waals surface area contributed by atoms with Crippen molar-refractivity contribution in [1.82, 2.24) is 4.90 Å². The zero-order valence-corrected chi connectivity index (χ0v) is 18.1. The first kappa shape index (κ1) is 22.0. The summed E-state index contributed by atoms with van der Waals surface area (Å²) < 4.78 is 54.0. The first-order valence-corrected chi connectivity index (χ1v) is 10.2. The van der Waals surface area contributed by atoms with Crippen molar-refractivity contribution in [2.24, 2.45) is 0 Å². The smallest absolute Gasteiger partial charge is 0.257 e. The van der Waals surface area contributed by atoms with Gasteiger partial charge in [0.1, 0.15) is 17.5 Å². The van der Waals surface area contributed by atoms with Gasteiger partial charge in [-0.2, -0.15) is 0 Å². The van der Waals surface area contributed by atoms with E-state index in [1.54, 1.807) is 12.1 Å². The van der Waals surface area contributed by atoms with Crippen LogP contribution in [0.4, 0.5) is 13.2 Å². The average molecular weight is 462 g/mol. The van der Waals surface area contributed by atoms with E-state index in [-0.39, 0.29) is 17.1 Å². The standard InChI is InChI=1S/C24H19ClF3NO3/c1-31-20-10-13-8-9-29(24(30)16-11-14(26)6-7-18(16)27)23(15(13)12-21(20)32-2)22-17(25)4-3-5-19(22)28/h3-7,10-12,23H,8-9H2,1-2H3. The highest BCUT2D eigenvalue weighted by Crippen LogP contribution is 2.44. The van der Waals surface area contributed by atoms with Crippen molar-refractivity contribution >= 4 is 17.5 Å². The van der Waals surface area contributed by atoms with Crippen LogP contribution in [0.1, 0.15) is 33.1 Å². The van der Waals surface area contributed by atoms with E-state index < -0.39 is 35.0 Å². The molecular weight excluding hydrogens is 443 g/mol. The highest BCUT2D eigenvalue weighted by molar-refractivity contribution is 6.31. The fourth-order valence-electron chi connectivity index (χ4n) is 4.06. The first-order valence-electron chi connectivity index (χ1n) is 9.80. The van der Waals surface area contributed by atoms with Crippen LogP contribution in [-0.4, -0.2) is 31.6 Å². The van der Waals surface area contributed by atoms with Crippen molar-refractivity contribution in [2.75, 3.05) is 20.8 Å². The molecule has 166 valence electrons. The van der Waals surface area contributed by atoms with Gasteiger partial charge in [-0.3, -0.25) is 4.79 Å². The van der Waals surface area contributed by atoms with Gasteiger partial charge in [-0.25, -0.2) is 13.2 Å². The number of carbonyl (C=O) groups excluding carboxylic acids is 1. The van der Waals surface area contributed by atoms with Crippen molar-refractivity contribution in [3.05, 3.63) is 93.3 Å². The summed E-state index contributed by atoms with van der Waals surface area (Å²) in [6, 6.07) is 9.30. The number of amides is 1. The Kier molecular flexibility index (Phi) is 6.02. The third-order valence-electron chi connectivity index (χ3n) is 5.57. The van der Waals surface area contributed by atoms with Crippen LogP contribution in [0.3, 0.4) is 0 Å². The van der Waals surface area contributed by atoms with Gasteiger partial charge < -0.3 is 14.4 Å². The molecule has 3 aromatic carbocycles. The molecule has 0 radical (unpaired) electrons. The molecule has 1 heterocycles. The zero-order chi connectivity index (χ0) is 23.0. The summed E-state index contributed by atoms with van der Waals surface area (Å²) in [6.07, 6.45) is 0.390. The molecule has 0 saturated heterocycles. The summed E-state index contributed by atoms with van der Waals surface area (Å²) in [5.41, 5.74) is 0.987. The van der Waals surface area contributed by atoms with Crippen LogP contribution in [0.15, 0.2) is 48.5 Å². The second-order valence-electron chi connectivity index (χ2n) is 7.32. The fourth-order valence-corrected chi connectivity index (χ4v) is 4.33. The Bertz CT molecular complexity index is 1180. The number of ether oxygens (including phenoxy) is 2. The zero-order valence-electron chi connectivity index (χ0n) is 17.3. The lowest BCUT2D eigenvalue weighted by Crippen LogP contribution is -2.41. The number of hydrogen-bond donors (Lipinski definition) is 0. The molecule has 0 spiro atoms. The van der Waals surface area contributed by atoms with Gasteiger partial charge in [0.05, 0.1) is 25.8 Å². The quantitative estimate of drug-likeness (QED) is 0.510. The van der Waals surface area contributed by atoms with Crippen molar-refractivity contribution < 1.29 is 27.4 Å². The minimum absolute atomic E-state index is 0.0625. The van der Waals surface area contributed by atoms with Gasteiger partial charge in [0.25, 0.3) is 5.91 Å². The molecule has 0 aromatic heterocycles. The molecule has 1 atom stereocenters. The van der Waals surface area contributed by atoms with Crippen molar-refractivity contribution in [3.8, 4) is 11.5 Å². The molecule has 0 saturated carbocycles. The molecular formula is C24H19ClF3NO3. The molecule has 32 heavy (non-hydrogen) atoms. The second kappa shape index (κ2) is 8.74. The van der Waals surface area contributed by atoms with Crippen LogP contribution in [0, 0.1) is 17.5 Å². The van der Waals surface area contributed by atoms with E-state index >= 15 is 4.39 Å². The predicted molar refractivity (Wildman–Crippen MR) is 114 cm³/mol. The van der Waals surface area contributed by atoms with Gasteiger partial charge in [0.15, 0.2) is 11.5 Å². The maximum atomic E-state index is 15.0. The van der Waals surface area contributed by atoms with Gasteiger partial charge in [-0.15, -0.1) is 0 Å². The molecule has 1 unspecified atom stereocenters. The average Bonchev–Trinajstić information content (AvgIpc) is 2.79. The van der Waals surface area contributed by atoms with Gasteiger partial charge >= 0.3 is 0 Å². The highest BCUT2D eigenvalue weighted by Gasteiger charge is 2.37. The molecule has 4 rings (SSSR count). The number of hydrogen-bond acceptors (Lipinski definition) is 3. The topological polar surface area (TPSA) is 38.8 Å². The molecule has 0 aliphatic carbocycles. The van der Waals surface area contributed by atoms with Crippen LogP contribution < -0.4 is 9.47 Å². The van der Waals surface area contributed by atoms with E-state index in [2.05, 4.69) is 0 Å². The molecule has 4 nitrogen and oxygen atoms in total. The normalized spacial score (nSPS) is 15.3. The Morgan fingerprint density at radius 3 is 2.41 bits per heavy atom. The largest absolute Gasteiger partial charge is 0.493 e. The Morgan fingerprint density at radius 2 is 1.72 bits per heavy atom. The Hall–Kier alpha value is -3.19. The van der Waals surface area contributed by atoms with Crippen LogP contribution in [0.5, 0.6) is 11.5 Å². The van der Waals surface area contributed by atoms with Crippen molar-refractivity contribution in [1.29, 1.82) is 0 Å². The number of carbonyl (C=O) groups is 1. The predicted octanol–water partition coefficient (Wildman–Crippen LogP) is 5.56. The maximum absolute atomic E-state index is 15.0. The molecule has 8 heteroatoms. The Labute approximate surface area is 188 Å². The summed E-state index contributed by atoms with van der Waals surface area (Å²) in [5.74, 6) is -2.14. The van der Waals surface area contributed by atoms with Gasteiger partial charge in [0.2, 0.25) is 0 Å². The van der Waals surface area contributed by atoms with Gasteiger partial charge in [0, 0.05) is 17.1 Å². The lowest BCUT2D eigenvalue weighted by molar-refractivity contribution is 0.0686. The van der Waals surface area contributed by atoms with Gasteiger partial charge in [-0.1, -0.05) is 17.7 Å². The summed E-state index contributed by atoms with van der Waals surface area (Å²) in [5, 5.41) is 0.107. The number of methoxy groups -OCH3 is 2.